The van der Waals surface area contributed by atoms with E-state index in [4.69, 9.17) is 10.4 Å². The highest BCUT2D eigenvalue weighted by atomic mass is 16.3. The Labute approximate surface area is 112 Å². The Morgan fingerprint density at radius 3 is 2.74 bits per heavy atom. The van der Waals surface area contributed by atoms with Gasteiger partial charge in [0, 0.05) is 12.2 Å². The van der Waals surface area contributed by atoms with E-state index in [1.54, 1.807) is 24.7 Å². The first-order chi connectivity index (χ1) is 8.79. The average molecular weight is 265 g/mol. The molecule has 0 aliphatic carbocycles. The number of carbonyl (C=O) groups excluding carboxylic acids is 1. The van der Waals surface area contributed by atoms with Crippen LogP contribution in [0.5, 0.6) is 0 Å². The number of urea groups is 1. The van der Waals surface area contributed by atoms with Crippen LogP contribution in [0.25, 0.3) is 0 Å². The summed E-state index contributed by atoms with van der Waals surface area (Å²) in [5, 5.41) is 27.3. The van der Waals surface area contributed by atoms with Crippen molar-refractivity contribution in [1.29, 1.82) is 5.26 Å². The second kappa shape index (κ2) is 5.71. The van der Waals surface area contributed by atoms with Gasteiger partial charge in [0.15, 0.2) is 5.82 Å². The molecule has 0 unspecified atom stereocenters. The van der Waals surface area contributed by atoms with Crippen molar-refractivity contribution in [2.75, 3.05) is 11.9 Å². The van der Waals surface area contributed by atoms with Crippen molar-refractivity contribution in [3.63, 3.8) is 0 Å². The van der Waals surface area contributed by atoms with E-state index >= 15 is 0 Å². The minimum absolute atomic E-state index is 0.0968. The highest BCUT2D eigenvalue weighted by molar-refractivity contribution is 5.89. The lowest BCUT2D eigenvalue weighted by Crippen LogP contribution is -2.48. The zero-order valence-corrected chi connectivity index (χ0v) is 11.6. The zero-order valence-electron chi connectivity index (χ0n) is 11.6. The zero-order chi connectivity index (χ0) is 14.6. The Balaban J connectivity index is 2.82. The largest absolute Gasteiger partial charge is 0.394 e. The molecule has 0 radical (unpaired) electrons. The quantitative estimate of drug-likeness (QED) is 0.761. The summed E-state index contributed by atoms with van der Waals surface area (Å²) in [6, 6.07) is 1.56. The number of nitriles is 1. The number of aliphatic hydroxyl groups is 1. The molecule has 0 atom stereocenters. The number of aromatic nitrogens is 2. The van der Waals surface area contributed by atoms with E-state index in [-0.39, 0.29) is 18.5 Å². The molecule has 1 rings (SSSR count). The van der Waals surface area contributed by atoms with E-state index in [0.717, 1.165) is 0 Å². The molecular weight excluding hydrogens is 246 g/mol. The lowest BCUT2D eigenvalue weighted by atomic mass is 10.1. The number of hydrogen-bond acceptors (Lipinski definition) is 4. The maximum Gasteiger partial charge on any atom is 0.320 e. The summed E-state index contributed by atoms with van der Waals surface area (Å²) < 4.78 is 1.60. The minimum Gasteiger partial charge on any atom is -0.394 e. The van der Waals surface area contributed by atoms with Crippen LogP contribution in [0, 0.1) is 11.3 Å². The fourth-order valence-electron chi connectivity index (χ4n) is 1.32. The summed E-state index contributed by atoms with van der Waals surface area (Å²) >= 11 is 0. The number of hydrogen-bond donors (Lipinski definition) is 3. The van der Waals surface area contributed by atoms with Crippen LogP contribution in [0.4, 0.5) is 10.6 Å². The third kappa shape index (κ3) is 3.96. The average Bonchev–Trinajstić information content (AvgIpc) is 2.71. The van der Waals surface area contributed by atoms with Gasteiger partial charge >= 0.3 is 6.03 Å². The van der Waals surface area contributed by atoms with Gasteiger partial charge in [-0.1, -0.05) is 0 Å². The monoisotopic (exact) mass is 265 g/mol. The summed E-state index contributed by atoms with van der Waals surface area (Å²) in [5.41, 5.74) is -0.442. The Hall–Kier alpha value is -2.07. The van der Waals surface area contributed by atoms with Crippen molar-refractivity contribution >= 4 is 11.8 Å². The molecule has 0 aliphatic heterocycles. The predicted octanol–water partition coefficient (Wildman–Crippen LogP) is 1.23. The number of rotatable bonds is 4. The van der Waals surface area contributed by atoms with Gasteiger partial charge in [0.1, 0.15) is 11.6 Å². The molecular formula is C12H19N5O2. The Bertz CT molecular complexity index is 499. The van der Waals surface area contributed by atoms with Gasteiger partial charge in [-0.15, -0.1) is 0 Å². The number of nitrogens with zero attached hydrogens (tertiary/aromatic N) is 3. The summed E-state index contributed by atoms with van der Waals surface area (Å²) in [7, 11) is 0. The molecule has 0 spiro atoms. The van der Waals surface area contributed by atoms with Crippen molar-refractivity contribution in [2.24, 2.45) is 0 Å². The third-order valence-electron chi connectivity index (χ3n) is 2.46. The summed E-state index contributed by atoms with van der Waals surface area (Å²) in [4.78, 5) is 11.7. The minimum atomic E-state index is -0.739. The van der Waals surface area contributed by atoms with Crippen LogP contribution in [0.1, 0.15) is 39.3 Å². The fraction of sp³-hybridized carbons (Fsp3) is 0.583. The first kappa shape index (κ1) is 15.0. The van der Waals surface area contributed by atoms with Crippen LogP contribution in [0.15, 0.2) is 6.20 Å². The lowest BCUT2D eigenvalue weighted by molar-refractivity contribution is 0.187. The molecule has 3 N–H and O–H groups in total. The van der Waals surface area contributed by atoms with Crippen LogP contribution in [-0.2, 0) is 0 Å². The van der Waals surface area contributed by atoms with E-state index < -0.39 is 11.6 Å². The normalized spacial score (nSPS) is 11.2. The molecule has 104 valence electrons. The number of carbonyl (C=O) groups is 1. The van der Waals surface area contributed by atoms with Crippen LogP contribution in [0.3, 0.4) is 0 Å². The number of anilines is 1. The molecule has 0 aliphatic rings. The topological polar surface area (TPSA) is 103 Å². The molecule has 0 saturated heterocycles. The molecule has 7 nitrogen and oxygen atoms in total. The molecule has 19 heavy (non-hydrogen) atoms. The lowest BCUT2D eigenvalue weighted by Gasteiger charge is -2.23. The first-order valence-corrected chi connectivity index (χ1v) is 5.98. The fourth-order valence-corrected chi connectivity index (χ4v) is 1.32. The summed E-state index contributed by atoms with van der Waals surface area (Å²) in [6.07, 6.45) is 1.58. The molecule has 0 bridgehead atoms. The molecule has 1 aromatic rings. The highest BCUT2D eigenvalue weighted by Crippen LogP contribution is 2.15. The van der Waals surface area contributed by atoms with Crippen molar-refractivity contribution in [3.8, 4) is 6.07 Å². The molecule has 2 amide bonds. The van der Waals surface area contributed by atoms with Crippen LogP contribution in [-0.4, -0.2) is 33.1 Å². The van der Waals surface area contributed by atoms with Crippen LogP contribution < -0.4 is 10.6 Å². The second-order valence-electron chi connectivity index (χ2n) is 5.20. The standard InChI is InChI=1S/C12H19N5O2/c1-8(2)17-6-9(5-13)10(16-17)14-11(19)15-12(3,4)7-18/h6,8,18H,7H2,1-4H3,(H2,14,15,16,19). The van der Waals surface area contributed by atoms with Crippen molar-refractivity contribution in [3.05, 3.63) is 11.8 Å². The van der Waals surface area contributed by atoms with Crippen LogP contribution >= 0.6 is 0 Å². The van der Waals surface area contributed by atoms with Gasteiger partial charge in [-0.05, 0) is 27.7 Å². The van der Waals surface area contributed by atoms with Crippen molar-refractivity contribution < 1.29 is 9.90 Å². The molecule has 0 aromatic carbocycles. The summed E-state index contributed by atoms with van der Waals surface area (Å²) in [6.45, 7) is 7.03. The second-order valence-corrected chi connectivity index (χ2v) is 5.20. The molecule has 1 heterocycles. The van der Waals surface area contributed by atoms with E-state index in [0.29, 0.717) is 5.56 Å². The predicted molar refractivity (Wildman–Crippen MR) is 70.6 cm³/mol. The Morgan fingerprint density at radius 1 is 1.63 bits per heavy atom. The molecule has 0 fully saturated rings. The van der Waals surface area contributed by atoms with Gasteiger partial charge in [-0.25, -0.2) is 4.79 Å². The van der Waals surface area contributed by atoms with Gasteiger partial charge in [-0.3, -0.25) is 10.00 Å². The maximum atomic E-state index is 11.7. The van der Waals surface area contributed by atoms with Gasteiger partial charge in [0.25, 0.3) is 0 Å². The number of aliphatic hydroxyl groups excluding tert-OH is 1. The van der Waals surface area contributed by atoms with Gasteiger partial charge in [-0.2, -0.15) is 10.4 Å². The Morgan fingerprint density at radius 2 is 2.26 bits per heavy atom. The smallest absolute Gasteiger partial charge is 0.320 e. The van der Waals surface area contributed by atoms with Gasteiger partial charge in [0.2, 0.25) is 0 Å². The van der Waals surface area contributed by atoms with E-state index in [1.807, 2.05) is 19.9 Å². The maximum absolute atomic E-state index is 11.7. The number of nitrogens with one attached hydrogen (secondary N) is 2. The molecule has 1 aromatic heterocycles. The summed E-state index contributed by atoms with van der Waals surface area (Å²) in [5.74, 6) is 0.211. The highest BCUT2D eigenvalue weighted by Gasteiger charge is 2.20. The van der Waals surface area contributed by atoms with Crippen molar-refractivity contribution in [1.82, 2.24) is 15.1 Å². The van der Waals surface area contributed by atoms with E-state index in [1.165, 1.54) is 0 Å². The third-order valence-corrected chi connectivity index (χ3v) is 2.46. The van der Waals surface area contributed by atoms with Gasteiger partial charge in [0.05, 0.1) is 12.1 Å². The van der Waals surface area contributed by atoms with Crippen LogP contribution in [0.2, 0.25) is 0 Å². The molecule has 0 saturated carbocycles. The van der Waals surface area contributed by atoms with E-state index in [9.17, 15) is 4.79 Å². The Kier molecular flexibility index (Phi) is 4.51. The first-order valence-electron chi connectivity index (χ1n) is 5.98. The van der Waals surface area contributed by atoms with Crippen molar-refractivity contribution in [2.45, 2.75) is 39.3 Å². The molecule has 7 heteroatoms. The van der Waals surface area contributed by atoms with Gasteiger partial charge < -0.3 is 10.4 Å². The van der Waals surface area contributed by atoms with E-state index in [2.05, 4.69) is 15.7 Å². The SMILES string of the molecule is CC(C)n1cc(C#N)c(NC(=O)NC(C)(C)CO)n1. The number of amides is 2.